The third-order valence-electron chi connectivity index (χ3n) is 5.52. The van der Waals surface area contributed by atoms with E-state index >= 15 is 0 Å². The van der Waals surface area contributed by atoms with E-state index in [9.17, 15) is 19.5 Å². The number of H-pyrrole nitrogens is 1. The number of rotatable bonds is 3. The van der Waals surface area contributed by atoms with Gasteiger partial charge in [0.05, 0.1) is 16.1 Å². The number of phenolic OH excluding ortho intramolecular Hbond substituents is 1. The number of anilines is 1. The summed E-state index contributed by atoms with van der Waals surface area (Å²) in [4.78, 5) is 41.0. The van der Waals surface area contributed by atoms with Gasteiger partial charge in [-0.15, -0.1) is 0 Å². The highest BCUT2D eigenvalue weighted by Crippen LogP contribution is 2.36. The van der Waals surface area contributed by atoms with Crippen LogP contribution in [-0.2, 0) is 9.59 Å². The molecule has 3 aromatic carbocycles. The zero-order valence-corrected chi connectivity index (χ0v) is 18.1. The van der Waals surface area contributed by atoms with E-state index < -0.39 is 16.9 Å². The molecule has 7 nitrogen and oxygen atoms in total. The van der Waals surface area contributed by atoms with E-state index in [1.54, 1.807) is 30.3 Å². The fourth-order valence-corrected chi connectivity index (χ4v) is 4.83. The molecule has 9 heteroatoms. The third-order valence-corrected chi connectivity index (χ3v) is 6.64. The van der Waals surface area contributed by atoms with Gasteiger partial charge in [-0.3, -0.25) is 14.4 Å². The number of aromatic nitrogens is 1. The lowest BCUT2D eigenvalue weighted by molar-refractivity contribution is -0.131. The molecule has 0 aliphatic carbocycles. The molecular formula is C23H16ClN3O4S. The summed E-state index contributed by atoms with van der Waals surface area (Å²) in [6, 6.07) is 13.8. The number of hydrogen-bond donors (Lipinski definition) is 3. The van der Waals surface area contributed by atoms with Crippen LogP contribution in [0.25, 0.3) is 32.9 Å². The zero-order valence-electron chi connectivity index (χ0n) is 16.5. The first-order valence-corrected chi connectivity index (χ1v) is 11.1. The number of hydrogen-bond acceptors (Lipinski definition) is 5. The van der Waals surface area contributed by atoms with Gasteiger partial charge in [0.15, 0.2) is 0 Å². The first kappa shape index (κ1) is 20.4. The number of fused-ring (bicyclic) bond motifs is 3. The van der Waals surface area contributed by atoms with Crippen LogP contribution in [0.1, 0.15) is 10.4 Å². The minimum absolute atomic E-state index is 0.0321. The molecule has 5 rings (SSSR count). The Balaban J connectivity index is 1.70. The van der Waals surface area contributed by atoms with Crippen LogP contribution in [0.5, 0.6) is 5.75 Å². The minimum Gasteiger partial charge on any atom is -0.506 e. The van der Waals surface area contributed by atoms with Gasteiger partial charge in [-0.05, 0) is 47.5 Å². The fourth-order valence-electron chi connectivity index (χ4n) is 3.96. The van der Waals surface area contributed by atoms with E-state index in [2.05, 4.69) is 4.98 Å². The van der Waals surface area contributed by atoms with Crippen LogP contribution >= 0.6 is 23.4 Å². The SMILES string of the molecule is NC(=O)c1cc(-c2ccc(O)c(Cl)c2)cc2c1[nH]c1cc(N3CCSC(=O)C3=O)ccc12. The number of aromatic amines is 1. The molecule has 0 bridgehead atoms. The largest absolute Gasteiger partial charge is 0.506 e. The average molecular weight is 466 g/mol. The van der Waals surface area contributed by atoms with Crippen LogP contribution in [0.15, 0.2) is 48.5 Å². The molecule has 0 atom stereocenters. The van der Waals surface area contributed by atoms with Crippen molar-refractivity contribution in [1.82, 2.24) is 4.98 Å². The van der Waals surface area contributed by atoms with Crippen molar-refractivity contribution in [1.29, 1.82) is 0 Å². The number of aromatic hydroxyl groups is 1. The Labute approximate surface area is 191 Å². The highest BCUT2D eigenvalue weighted by Gasteiger charge is 2.28. The summed E-state index contributed by atoms with van der Waals surface area (Å²) >= 11 is 7.09. The Morgan fingerprint density at radius 2 is 1.88 bits per heavy atom. The van der Waals surface area contributed by atoms with Gasteiger partial charge in [-0.25, -0.2) is 0 Å². The number of nitrogens with zero attached hydrogens (tertiary/aromatic N) is 1. The summed E-state index contributed by atoms with van der Waals surface area (Å²) < 4.78 is 0. The lowest BCUT2D eigenvalue weighted by Crippen LogP contribution is -2.41. The van der Waals surface area contributed by atoms with Crippen molar-refractivity contribution in [3.8, 4) is 16.9 Å². The second-order valence-electron chi connectivity index (χ2n) is 7.42. The molecule has 0 radical (unpaired) electrons. The Hall–Kier alpha value is -3.49. The van der Waals surface area contributed by atoms with Crippen molar-refractivity contribution in [2.75, 3.05) is 17.2 Å². The number of nitrogens with two attached hydrogens (primary N) is 1. The maximum atomic E-state index is 12.3. The quantitative estimate of drug-likeness (QED) is 0.394. The van der Waals surface area contributed by atoms with Crippen molar-refractivity contribution in [2.24, 2.45) is 5.73 Å². The number of primary amides is 1. The fraction of sp³-hybridized carbons (Fsp3) is 0.0870. The zero-order chi connectivity index (χ0) is 22.6. The average Bonchev–Trinajstić information content (AvgIpc) is 3.14. The Morgan fingerprint density at radius 3 is 2.62 bits per heavy atom. The summed E-state index contributed by atoms with van der Waals surface area (Å²) in [7, 11) is 0. The Kier molecular flexibility index (Phi) is 4.83. The monoisotopic (exact) mass is 465 g/mol. The topological polar surface area (TPSA) is 116 Å². The highest BCUT2D eigenvalue weighted by atomic mass is 35.5. The Bertz CT molecular complexity index is 1460. The number of nitrogens with one attached hydrogen (secondary N) is 1. The lowest BCUT2D eigenvalue weighted by atomic mass is 9.98. The van der Waals surface area contributed by atoms with E-state index in [1.165, 1.54) is 11.0 Å². The standard InChI is InChI=1S/C23H16ClN3O4S/c24-17-9-11(1-4-19(17)28)12-7-15-14-3-2-13(27-5-6-32-23(31)22(27)30)10-18(14)26-20(15)16(8-12)21(25)29/h1-4,7-10,26,28H,5-6H2,(H2,25,29). The van der Waals surface area contributed by atoms with Gasteiger partial charge in [-0.2, -0.15) is 0 Å². The van der Waals surface area contributed by atoms with Gasteiger partial charge in [-0.1, -0.05) is 35.5 Å². The number of carbonyl (C=O) groups excluding carboxylic acids is 3. The summed E-state index contributed by atoms with van der Waals surface area (Å²) in [5, 5.41) is 11.1. The van der Waals surface area contributed by atoms with Gasteiger partial charge < -0.3 is 20.7 Å². The van der Waals surface area contributed by atoms with Crippen LogP contribution in [-0.4, -0.2) is 39.3 Å². The molecule has 2 heterocycles. The summed E-state index contributed by atoms with van der Waals surface area (Å²) in [5.74, 6) is -0.626. The number of halogens is 1. The van der Waals surface area contributed by atoms with Crippen LogP contribution in [0.2, 0.25) is 5.02 Å². The van der Waals surface area contributed by atoms with Gasteiger partial charge in [0.1, 0.15) is 5.75 Å². The molecule has 1 fully saturated rings. The predicted octanol–water partition coefficient (Wildman–Crippen LogP) is 4.05. The molecule has 0 saturated carbocycles. The molecule has 1 aliphatic heterocycles. The van der Waals surface area contributed by atoms with Crippen molar-refractivity contribution < 1.29 is 19.5 Å². The molecule has 4 N–H and O–H groups in total. The van der Waals surface area contributed by atoms with Gasteiger partial charge in [0.2, 0.25) is 0 Å². The molecule has 0 unspecified atom stereocenters. The molecule has 4 aromatic rings. The second kappa shape index (κ2) is 7.58. The predicted molar refractivity (Wildman–Crippen MR) is 126 cm³/mol. The first-order valence-electron chi connectivity index (χ1n) is 9.70. The number of phenols is 1. The molecular weight excluding hydrogens is 450 g/mol. The summed E-state index contributed by atoms with van der Waals surface area (Å²) in [6.07, 6.45) is 0. The van der Waals surface area contributed by atoms with Crippen molar-refractivity contribution in [3.63, 3.8) is 0 Å². The van der Waals surface area contributed by atoms with E-state index in [0.29, 0.717) is 40.1 Å². The van der Waals surface area contributed by atoms with E-state index in [0.717, 1.165) is 28.1 Å². The van der Waals surface area contributed by atoms with Crippen LogP contribution < -0.4 is 10.6 Å². The van der Waals surface area contributed by atoms with E-state index in [4.69, 9.17) is 17.3 Å². The van der Waals surface area contributed by atoms with Crippen molar-refractivity contribution >= 4 is 67.8 Å². The van der Waals surface area contributed by atoms with Crippen molar-refractivity contribution in [3.05, 3.63) is 59.1 Å². The highest BCUT2D eigenvalue weighted by molar-refractivity contribution is 8.15. The van der Waals surface area contributed by atoms with Crippen LogP contribution in [0.4, 0.5) is 5.69 Å². The molecule has 1 saturated heterocycles. The molecule has 32 heavy (non-hydrogen) atoms. The molecule has 0 spiro atoms. The lowest BCUT2D eigenvalue weighted by Gasteiger charge is -2.25. The number of benzene rings is 3. The molecule has 2 amide bonds. The molecule has 1 aliphatic rings. The van der Waals surface area contributed by atoms with E-state index in [-0.39, 0.29) is 10.8 Å². The normalized spacial score (nSPS) is 14.5. The number of carbonyl (C=O) groups is 3. The number of thioether (sulfide) groups is 1. The molecule has 1 aromatic heterocycles. The summed E-state index contributed by atoms with van der Waals surface area (Å²) in [6.45, 7) is 0.444. The smallest absolute Gasteiger partial charge is 0.305 e. The number of amides is 2. The van der Waals surface area contributed by atoms with Crippen LogP contribution in [0.3, 0.4) is 0 Å². The van der Waals surface area contributed by atoms with Gasteiger partial charge in [0, 0.05) is 34.3 Å². The third kappa shape index (κ3) is 3.28. The minimum atomic E-state index is -0.595. The van der Waals surface area contributed by atoms with E-state index in [1.807, 2.05) is 12.1 Å². The van der Waals surface area contributed by atoms with Gasteiger partial charge in [0.25, 0.3) is 11.0 Å². The molecule has 160 valence electrons. The maximum absolute atomic E-state index is 12.3. The van der Waals surface area contributed by atoms with Crippen LogP contribution in [0, 0.1) is 0 Å². The first-order chi connectivity index (χ1) is 15.3. The van der Waals surface area contributed by atoms with Crippen molar-refractivity contribution in [2.45, 2.75) is 0 Å². The Morgan fingerprint density at radius 1 is 1.06 bits per heavy atom. The maximum Gasteiger partial charge on any atom is 0.305 e. The second-order valence-corrected chi connectivity index (χ2v) is 8.90. The summed E-state index contributed by atoms with van der Waals surface area (Å²) in [5.41, 5.74) is 9.30. The van der Waals surface area contributed by atoms with Gasteiger partial charge >= 0.3 is 5.91 Å².